The topological polar surface area (TPSA) is 21.3 Å². The largest absolute Gasteiger partial charge is 0.489 e. The van der Waals surface area contributed by atoms with Crippen molar-refractivity contribution in [3.05, 3.63) is 29.3 Å². The molecule has 18 heavy (non-hydrogen) atoms. The Labute approximate surface area is 112 Å². The van der Waals surface area contributed by atoms with Gasteiger partial charge in [0.05, 0.1) is 0 Å². The molecule has 2 heteroatoms. The second-order valence-electron chi connectivity index (χ2n) is 5.07. The second-order valence-corrected chi connectivity index (χ2v) is 5.07. The van der Waals surface area contributed by atoms with E-state index in [1.807, 2.05) is 7.05 Å². The normalized spacial score (nSPS) is 14.3. The summed E-state index contributed by atoms with van der Waals surface area (Å²) in [6, 6.07) is 6.85. The van der Waals surface area contributed by atoms with Crippen molar-refractivity contribution in [2.75, 3.05) is 7.05 Å². The number of likely N-dealkylation sites (N-methyl/N-ethyl adjacent to an activating group) is 1. The fourth-order valence-corrected chi connectivity index (χ4v) is 2.45. The fraction of sp³-hybridized carbons (Fsp3) is 0.625. The molecule has 1 aromatic carbocycles. The van der Waals surface area contributed by atoms with Crippen LogP contribution in [-0.4, -0.2) is 19.2 Å². The van der Waals surface area contributed by atoms with Crippen LogP contribution in [0.15, 0.2) is 18.2 Å². The molecule has 0 aliphatic carbocycles. The lowest BCUT2D eigenvalue weighted by Gasteiger charge is -2.27. The fourth-order valence-electron chi connectivity index (χ4n) is 2.45. The lowest BCUT2D eigenvalue weighted by Crippen LogP contribution is -2.40. The van der Waals surface area contributed by atoms with E-state index in [0.717, 1.165) is 18.6 Å². The highest BCUT2D eigenvalue weighted by Gasteiger charge is 2.19. The number of aryl methyl sites for hydroxylation is 2. The predicted molar refractivity (Wildman–Crippen MR) is 78.4 cm³/mol. The molecule has 1 N–H and O–H groups in total. The maximum absolute atomic E-state index is 6.17. The molecule has 0 aromatic heterocycles. The van der Waals surface area contributed by atoms with Crippen LogP contribution in [-0.2, 0) is 0 Å². The van der Waals surface area contributed by atoms with E-state index in [9.17, 15) is 0 Å². The average Bonchev–Trinajstić information content (AvgIpc) is 2.32. The Hall–Kier alpha value is -1.02. The number of rotatable bonds is 7. The van der Waals surface area contributed by atoms with Gasteiger partial charge < -0.3 is 10.1 Å². The molecule has 0 radical (unpaired) electrons. The van der Waals surface area contributed by atoms with E-state index in [-0.39, 0.29) is 6.10 Å². The number of nitrogens with one attached hydrogen (secondary N) is 1. The van der Waals surface area contributed by atoms with Crippen molar-refractivity contribution in [2.24, 2.45) is 0 Å². The molecule has 2 unspecified atom stereocenters. The molecule has 0 aliphatic rings. The Morgan fingerprint density at radius 2 is 1.72 bits per heavy atom. The van der Waals surface area contributed by atoms with E-state index in [2.05, 4.69) is 51.2 Å². The highest BCUT2D eigenvalue weighted by Crippen LogP contribution is 2.20. The first kappa shape index (κ1) is 15.0. The maximum atomic E-state index is 6.17. The quantitative estimate of drug-likeness (QED) is 0.792. The molecule has 0 amide bonds. The van der Waals surface area contributed by atoms with Gasteiger partial charge in [-0.1, -0.05) is 26.3 Å². The van der Waals surface area contributed by atoms with E-state index in [4.69, 9.17) is 4.74 Å². The van der Waals surface area contributed by atoms with E-state index in [1.54, 1.807) is 0 Å². The Balaban J connectivity index is 2.77. The monoisotopic (exact) mass is 249 g/mol. The molecular formula is C16H27NO. The molecule has 2 nitrogen and oxygen atoms in total. The zero-order chi connectivity index (χ0) is 13.5. The molecule has 102 valence electrons. The minimum Gasteiger partial charge on any atom is -0.489 e. The number of benzene rings is 1. The van der Waals surface area contributed by atoms with Crippen LogP contribution in [0, 0.1) is 13.8 Å². The van der Waals surface area contributed by atoms with Crippen LogP contribution in [0.1, 0.15) is 44.2 Å². The summed E-state index contributed by atoms with van der Waals surface area (Å²) in [6.45, 7) is 8.63. The molecule has 0 saturated carbocycles. The van der Waals surface area contributed by atoms with Gasteiger partial charge in [-0.05, 0) is 57.0 Å². The van der Waals surface area contributed by atoms with Gasteiger partial charge in [-0.2, -0.15) is 0 Å². The minimum absolute atomic E-state index is 0.246. The Morgan fingerprint density at radius 1 is 1.11 bits per heavy atom. The highest BCUT2D eigenvalue weighted by atomic mass is 16.5. The van der Waals surface area contributed by atoms with Crippen LogP contribution < -0.4 is 10.1 Å². The first-order valence-electron chi connectivity index (χ1n) is 7.02. The Bertz CT molecular complexity index is 342. The van der Waals surface area contributed by atoms with Crippen molar-refractivity contribution in [1.29, 1.82) is 0 Å². The maximum Gasteiger partial charge on any atom is 0.120 e. The van der Waals surface area contributed by atoms with Crippen LogP contribution in [0.2, 0.25) is 0 Å². The van der Waals surface area contributed by atoms with Crippen molar-refractivity contribution >= 4 is 0 Å². The van der Waals surface area contributed by atoms with Gasteiger partial charge in [0.2, 0.25) is 0 Å². The van der Waals surface area contributed by atoms with Gasteiger partial charge in [0.1, 0.15) is 11.9 Å². The third-order valence-corrected chi connectivity index (χ3v) is 3.30. The van der Waals surface area contributed by atoms with Crippen LogP contribution in [0.3, 0.4) is 0 Å². The summed E-state index contributed by atoms with van der Waals surface area (Å²) in [5.74, 6) is 0.996. The summed E-state index contributed by atoms with van der Waals surface area (Å²) in [6.07, 6.45) is 3.60. The number of hydrogen-bond acceptors (Lipinski definition) is 2. The first-order chi connectivity index (χ1) is 8.60. The van der Waals surface area contributed by atoms with Crippen molar-refractivity contribution in [3.63, 3.8) is 0 Å². The molecule has 1 aromatic rings. The van der Waals surface area contributed by atoms with Gasteiger partial charge in [0, 0.05) is 6.04 Å². The molecule has 0 saturated heterocycles. The summed E-state index contributed by atoms with van der Waals surface area (Å²) in [7, 11) is 2.02. The van der Waals surface area contributed by atoms with Crippen molar-refractivity contribution in [3.8, 4) is 5.75 Å². The third-order valence-electron chi connectivity index (χ3n) is 3.30. The van der Waals surface area contributed by atoms with Gasteiger partial charge in [-0.15, -0.1) is 0 Å². The SMILES string of the molecule is CCCC(NC)C(CC)Oc1cc(C)cc(C)c1. The highest BCUT2D eigenvalue weighted by molar-refractivity contribution is 5.33. The van der Waals surface area contributed by atoms with E-state index in [1.165, 1.54) is 17.5 Å². The van der Waals surface area contributed by atoms with Crippen LogP contribution in [0.5, 0.6) is 5.75 Å². The standard InChI is InChI=1S/C16H27NO/c1-6-8-15(17-5)16(7-2)18-14-10-12(3)9-13(4)11-14/h9-11,15-17H,6-8H2,1-5H3. The zero-order valence-corrected chi connectivity index (χ0v) is 12.4. The van der Waals surface area contributed by atoms with Gasteiger partial charge in [-0.3, -0.25) is 0 Å². The van der Waals surface area contributed by atoms with Crippen molar-refractivity contribution in [1.82, 2.24) is 5.32 Å². The summed E-state index contributed by atoms with van der Waals surface area (Å²) in [5, 5.41) is 3.38. The lowest BCUT2D eigenvalue weighted by molar-refractivity contribution is 0.146. The summed E-state index contributed by atoms with van der Waals surface area (Å²) >= 11 is 0. The van der Waals surface area contributed by atoms with Gasteiger partial charge in [0.25, 0.3) is 0 Å². The van der Waals surface area contributed by atoms with E-state index >= 15 is 0 Å². The molecule has 2 atom stereocenters. The van der Waals surface area contributed by atoms with Crippen molar-refractivity contribution in [2.45, 2.75) is 59.1 Å². The predicted octanol–water partition coefficient (Wildman–Crippen LogP) is 3.85. The van der Waals surface area contributed by atoms with E-state index in [0.29, 0.717) is 6.04 Å². The molecule has 0 fully saturated rings. The van der Waals surface area contributed by atoms with Crippen LogP contribution >= 0.6 is 0 Å². The Morgan fingerprint density at radius 3 is 2.17 bits per heavy atom. The molecule has 0 spiro atoms. The van der Waals surface area contributed by atoms with Crippen molar-refractivity contribution < 1.29 is 4.74 Å². The van der Waals surface area contributed by atoms with Crippen LogP contribution in [0.25, 0.3) is 0 Å². The average molecular weight is 249 g/mol. The number of hydrogen-bond donors (Lipinski definition) is 1. The molecule has 0 aliphatic heterocycles. The minimum atomic E-state index is 0.246. The summed E-state index contributed by atoms with van der Waals surface area (Å²) in [4.78, 5) is 0. The molecule has 0 bridgehead atoms. The summed E-state index contributed by atoms with van der Waals surface area (Å²) in [5.41, 5.74) is 2.52. The third kappa shape index (κ3) is 4.34. The van der Waals surface area contributed by atoms with Crippen LogP contribution in [0.4, 0.5) is 0 Å². The molecule has 1 rings (SSSR count). The summed E-state index contributed by atoms with van der Waals surface area (Å²) < 4.78 is 6.17. The lowest BCUT2D eigenvalue weighted by atomic mass is 10.0. The zero-order valence-electron chi connectivity index (χ0n) is 12.4. The van der Waals surface area contributed by atoms with Gasteiger partial charge in [0.15, 0.2) is 0 Å². The molecular weight excluding hydrogens is 222 g/mol. The Kier molecular flexibility index (Phi) is 6.20. The van der Waals surface area contributed by atoms with E-state index < -0.39 is 0 Å². The van der Waals surface area contributed by atoms with Gasteiger partial charge in [-0.25, -0.2) is 0 Å². The molecule has 0 heterocycles. The van der Waals surface area contributed by atoms with Gasteiger partial charge >= 0.3 is 0 Å². The number of ether oxygens (including phenoxy) is 1. The first-order valence-corrected chi connectivity index (χ1v) is 7.02. The smallest absolute Gasteiger partial charge is 0.120 e. The second kappa shape index (κ2) is 7.42.